The molecule has 2 aliphatic heterocycles. The average Bonchev–Trinajstić information content (AvgIpc) is 2.98. The Bertz CT molecular complexity index is 498. The summed E-state index contributed by atoms with van der Waals surface area (Å²) in [4.78, 5) is 21.5. The molecule has 0 amide bonds. The SMILES string of the molecule is CN1CCc2c(C3CCOC3)nc(C(=O)O)nc21. The molecule has 2 aliphatic rings. The van der Waals surface area contributed by atoms with Crippen LogP contribution in [0.25, 0.3) is 0 Å². The van der Waals surface area contributed by atoms with Crippen molar-refractivity contribution in [3.05, 3.63) is 17.1 Å². The van der Waals surface area contributed by atoms with Crippen LogP contribution >= 0.6 is 0 Å². The quantitative estimate of drug-likeness (QED) is 0.830. The number of ether oxygens (including phenoxy) is 1. The van der Waals surface area contributed by atoms with Gasteiger partial charge in [0, 0.05) is 31.7 Å². The molecule has 0 aliphatic carbocycles. The lowest BCUT2D eigenvalue weighted by Crippen LogP contribution is -2.17. The highest BCUT2D eigenvalue weighted by atomic mass is 16.5. The van der Waals surface area contributed by atoms with Crippen molar-refractivity contribution in [2.45, 2.75) is 18.8 Å². The van der Waals surface area contributed by atoms with Crippen LogP contribution in [0.3, 0.4) is 0 Å². The summed E-state index contributed by atoms with van der Waals surface area (Å²) in [6.45, 7) is 2.22. The predicted molar refractivity (Wildman–Crippen MR) is 64.1 cm³/mol. The van der Waals surface area contributed by atoms with Crippen LogP contribution in [0.5, 0.6) is 0 Å². The average molecular weight is 249 g/mol. The number of nitrogens with zero attached hydrogens (tertiary/aromatic N) is 3. The maximum atomic E-state index is 11.1. The van der Waals surface area contributed by atoms with Crippen molar-refractivity contribution in [3.63, 3.8) is 0 Å². The lowest BCUT2D eigenvalue weighted by atomic mass is 9.99. The largest absolute Gasteiger partial charge is 0.475 e. The monoisotopic (exact) mass is 249 g/mol. The van der Waals surface area contributed by atoms with Crippen LogP contribution in [0.4, 0.5) is 5.82 Å². The number of carboxylic acids is 1. The van der Waals surface area contributed by atoms with Gasteiger partial charge >= 0.3 is 5.97 Å². The van der Waals surface area contributed by atoms with E-state index < -0.39 is 5.97 Å². The smallest absolute Gasteiger partial charge is 0.374 e. The van der Waals surface area contributed by atoms with Gasteiger partial charge in [-0.1, -0.05) is 0 Å². The minimum Gasteiger partial charge on any atom is -0.475 e. The molecule has 1 saturated heterocycles. The van der Waals surface area contributed by atoms with Crippen LogP contribution in [0.2, 0.25) is 0 Å². The van der Waals surface area contributed by atoms with Gasteiger partial charge in [0.05, 0.1) is 12.3 Å². The molecule has 1 atom stereocenters. The Labute approximate surface area is 105 Å². The van der Waals surface area contributed by atoms with E-state index in [1.165, 1.54) is 0 Å². The van der Waals surface area contributed by atoms with Crippen molar-refractivity contribution in [1.82, 2.24) is 9.97 Å². The van der Waals surface area contributed by atoms with Gasteiger partial charge in [-0.2, -0.15) is 0 Å². The normalized spacial score (nSPS) is 22.3. The molecule has 18 heavy (non-hydrogen) atoms. The van der Waals surface area contributed by atoms with Gasteiger partial charge in [0.15, 0.2) is 0 Å². The molecule has 96 valence electrons. The molecule has 6 heteroatoms. The third kappa shape index (κ3) is 1.73. The fourth-order valence-corrected chi connectivity index (χ4v) is 2.61. The molecule has 0 bridgehead atoms. The molecule has 6 nitrogen and oxygen atoms in total. The van der Waals surface area contributed by atoms with E-state index in [1.807, 2.05) is 11.9 Å². The Morgan fingerprint density at radius 2 is 2.33 bits per heavy atom. The summed E-state index contributed by atoms with van der Waals surface area (Å²) >= 11 is 0. The number of rotatable bonds is 2. The summed E-state index contributed by atoms with van der Waals surface area (Å²) in [6, 6.07) is 0. The van der Waals surface area contributed by atoms with Gasteiger partial charge in [-0.25, -0.2) is 14.8 Å². The number of anilines is 1. The summed E-state index contributed by atoms with van der Waals surface area (Å²) < 4.78 is 5.38. The second kappa shape index (κ2) is 4.20. The number of carboxylic acid groups (broad SMARTS) is 1. The first-order valence-corrected chi connectivity index (χ1v) is 6.10. The zero-order valence-corrected chi connectivity index (χ0v) is 10.2. The maximum Gasteiger partial charge on any atom is 0.374 e. The van der Waals surface area contributed by atoms with Crippen molar-refractivity contribution >= 4 is 11.8 Å². The minimum absolute atomic E-state index is 0.107. The van der Waals surface area contributed by atoms with Gasteiger partial charge in [0.1, 0.15) is 5.82 Å². The number of carbonyl (C=O) groups is 1. The van der Waals surface area contributed by atoms with E-state index in [2.05, 4.69) is 9.97 Å². The third-order valence-corrected chi connectivity index (χ3v) is 3.58. The van der Waals surface area contributed by atoms with E-state index in [0.29, 0.717) is 6.61 Å². The number of aromatic carboxylic acids is 1. The van der Waals surface area contributed by atoms with Crippen LogP contribution in [-0.2, 0) is 11.2 Å². The van der Waals surface area contributed by atoms with Crippen molar-refractivity contribution in [1.29, 1.82) is 0 Å². The first kappa shape index (κ1) is 11.4. The summed E-state index contributed by atoms with van der Waals surface area (Å²) in [5.41, 5.74) is 1.97. The molecule has 0 radical (unpaired) electrons. The van der Waals surface area contributed by atoms with E-state index >= 15 is 0 Å². The highest BCUT2D eigenvalue weighted by Crippen LogP contribution is 2.34. The summed E-state index contributed by atoms with van der Waals surface area (Å²) in [5.74, 6) is -0.196. The number of hydrogen-bond acceptors (Lipinski definition) is 5. The fourth-order valence-electron chi connectivity index (χ4n) is 2.61. The van der Waals surface area contributed by atoms with E-state index in [1.54, 1.807) is 0 Å². The molecule has 0 aromatic carbocycles. The van der Waals surface area contributed by atoms with Crippen LogP contribution in [0.15, 0.2) is 0 Å². The summed E-state index contributed by atoms with van der Waals surface area (Å²) in [7, 11) is 1.93. The molecule has 0 spiro atoms. The van der Waals surface area contributed by atoms with Gasteiger partial charge in [0.2, 0.25) is 5.82 Å². The van der Waals surface area contributed by atoms with Gasteiger partial charge < -0.3 is 14.7 Å². The molecule has 1 aromatic heterocycles. The van der Waals surface area contributed by atoms with E-state index in [0.717, 1.165) is 43.1 Å². The standard InChI is InChI=1S/C12H15N3O3/c1-15-4-2-8-9(7-3-5-18-6-7)13-10(12(16)17)14-11(8)15/h7H,2-6H2,1H3,(H,16,17). The lowest BCUT2D eigenvalue weighted by molar-refractivity contribution is 0.0683. The van der Waals surface area contributed by atoms with Gasteiger partial charge in [0.25, 0.3) is 0 Å². The highest BCUT2D eigenvalue weighted by Gasteiger charge is 2.30. The Morgan fingerprint density at radius 3 is 3.00 bits per heavy atom. The second-order valence-electron chi connectivity index (χ2n) is 4.77. The van der Waals surface area contributed by atoms with Gasteiger partial charge in [-0.15, -0.1) is 0 Å². The maximum absolute atomic E-state index is 11.1. The number of hydrogen-bond donors (Lipinski definition) is 1. The van der Waals surface area contributed by atoms with Gasteiger partial charge in [-0.05, 0) is 12.8 Å². The molecule has 3 rings (SSSR count). The Balaban J connectivity index is 2.11. The Hall–Kier alpha value is -1.69. The molecular formula is C12H15N3O3. The van der Waals surface area contributed by atoms with E-state index in [4.69, 9.17) is 9.84 Å². The third-order valence-electron chi connectivity index (χ3n) is 3.58. The Morgan fingerprint density at radius 1 is 1.50 bits per heavy atom. The second-order valence-corrected chi connectivity index (χ2v) is 4.77. The molecule has 1 fully saturated rings. The van der Waals surface area contributed by atoms with Crippen molar-refractivity contribution in [2.75, 3.05) is 31.7 Å². The zero-order chi connectivity index (χ0) is 12.7. The van der Waals surface area contributed by atoms with Crippen LogP contribution in [0.1, 0.15) is 34.2 Å². The number of fused-ring (bicyclic) bond motifs is 1. The van der Waals surface area contributed by atoms with Crippen molar-refractivity contribution in [2.24, 2.45) is 0 Å². The predicted octanol–water partition coefficient (Wildman–Crippen LogP) is 0.671. The van der Waals surface area contributed by atoms with Crippen LogP contribution < -0.4 is 4.90 Å². The molecular weight excluding hydrogens is 234 g/mol. The molecule has 3 heterocycles. The first-order valence-electron chi connectivity index (χ1n) is 6.10. The zero-order valence-electron chi connectivity index (χ0n) is 10.2. The Kier molecular flexibility index (Phi) is 2.66. The molecule has 1 unspecified atom stereocenters. The number of likely N-dealkylation sites (N-methyl/N-ethyl adjacent to an activating group) is 1. The summed E-state index contributed by atoms with van der Waals surface area (Å²) in [5, 5.41) is 9.09. The lowest BCUT2D eigenvalue weighted by Gasteiger charge is -2.15. The van der Waals surface area contributed by atoms with Crippen LogP contribution in [-0.4, -0.2) is 47.8 Å². The van der Waals surface area contributed by atoms with E-state index in [-0.39, 0.29) is 11.7 Å². The topological polar surface area (TPSA) is 75.5 Å². The van der Waals surface area contributed by atoms with Crippen molar-refractivity contribution in [3.8, 4) is 0 Å². The van der Waals surface area contributed by atoms with E-state index in [9.17, 15) is 4.79 Å². The van der Waals surface area contributed by atoms with Crippen molar-refractivity contribution < 1.29 is 14.6 Å². The van der Waals surface area contributed by atoms with Gasteiger partial charge in [-0.3, -0.25) is 0 Å². The molecule has 0 saturated carbocycles. The summed E-state index contributed by atoms with van der Waals surface area (Å²) in [6.07, 6.45) is 1.80. The first-order chi connectivity index (χ1) is 8.66. The molecule has 1 N–H and O–H groups in total. The highest BCUT2D eigenvalue weighted by molar-refractivity contribution is 5.84. The number of aromatic nitrogens is 2. The fraction of sp³-hybridized carbons (Fsp3) is 0.583. The van der Waals surface area contributed by atoms with Crippen LogP contribution in [0, 0.1) is 0 Å². The minimum atomic E-state index is -1.07. The molecule has 1 aromatic rings.